The van der Waals surface area contributed by atoms with Crippen LogP contribution < -0.4 is 15.9 Å². The lowest BCUT2D eigenvalue weighted by molar-refractivity contribution is 0.107. The van der Waals surface area contributed by atoms with E-state index in [2.05, 4.69) is 36.4 Å². The Morgan fingerprint density at radius 2 is 0.914 bits per heavy atom. The Bertz CT molecular complexity index is 1410. The van der Waals surface area contributed by atoms with Crippen molar-refractivity contribution in [3.05, 3.63) is 151 Å². The van der Waals surface area contributed by atoms with Gasteiger partial charge in [0.15, 0.2) is 5.78 Å². The summed E-state index contributed by atoms with van der Waals surface area (Å²) in [6.07, 6.45) is 0. The van der Waals surface area contributed by atoms with Crippen molar-refractivity contribution in [1.82, 2.24) is 0 Å². The molecule has 35 heavy (non-hydrogen) atoms. The number of rotatable bonds is 6. The molecule has 0 spiro atoms. The molecule has 0 aliphatic carbocycles. The lowest BCUT2D eigenvalue weighted by atomic mass is 9.97. The molecule has 0 aliphatic rings. The van der Waals surface area contributed by atoms with Crippen LogP contribution in [0.25, 0.3) is 11.1 Å². The van der Waals surface area contributed by atoms with Crippen LogP contribution in [0.1, 0.15) is 10.4 Å². The van der Waals surface area contributed by atoms with Crippen LogP contribution in [0.15, 0.2) is 140 Å². The van der Waals surface area contributed by atoms with E-state index in [0.29, 0.717) is 16.7 Å². The molecule has 0 aliphatic heterocycles. The predicted molar refractivity (Wildman–Crippen MR) is 147 cm³/mol. The number of hydrogen-bond acceptors (Lipinski definition) is 1. The van der Waals surface area contributed by atoms with Crippen LogP contribution in [0.4, 0.5) is 4.39 Å². The summed E-state index contributed by atoms with van der Waals surface area (Å²) in [5.74, 6) is 1.43. The number of carbonyl (C=O) groups excluding carboxylic acids is 1. The number of hydrogen-bond donors (Lipinski definition) is 0. The van der Waals surface area contributed by atoms with E-state index in [1.165, 1.54) is 6.07 Å². The average Bonchev–Trinajstić information content (AvgIpc) is 2.93. The van der Waals surface area contributed by atoms with E-state index in [0.717, 1.165) is 15.9 Å². The first-order valence-corrected chi connectivity index (χ1v) is 13.4. The molecule has 5 rings (SSSR count). The second kappa shape index (κ2) is 10.1. The Hall–Kier alpha value is -4.00. The Balaban J connectivity index is 1.82. The summed E-state index contributed by atoms with van der Waals surface area (Å²) in [4.78, 5) is 14.1. The SMILES string of the molecule is O=C(C=P(c1ccccc1)(c1ccccc1)c1ccccc1)c1ccccc1-c1ccccc1F. The van der Waals surface area contributed by atoms with E-state index in [-0.39, 0.29) is 11.6 Å². The molecular formula is C32H24FOP. The Morgan fingerprint density at radius 1 is 0.514 bits per heavy atom. The third-order valence-electron chi connectivity index (χ3n) is 6.16. The molecule has 0 unspecified atom stereocenters. The second-order valence-electron chi connectivity index (χ2n) is 8.25. The van der Waals surface area contributed by atoms with Gasteiger partial charge in [-0.25, -0.2) is 4.39 Å². The highest BCUT2D eigenvalue weighted by Gasteiger charge is 2.27. The minimum Gasteiger partial charge on any atom is -0.289 e. The van der Waals surface area contributed by atoms with Crippen molar-refractivity contribution in [3.63, 3.8) is 0 Å². The smallest absolute Gasteiger partial charge is 0.187 e. The summed E-state index contributed by atoms with van der Waals surface area (Å²) >= 11 is 0. The standard InChI is InChI=1S/C32H24FOP/c33-31-23-13-12-21-29(31)28-20-10-11-22-30(28)32(34)24-35(25-14-4-1-5-15-25,26-16-6-2-7-17-26)27-18-8-3-9-19-27/h1-24H. The van der Waals surface area contributed by atoms with E-state index in [9.17, 15) is 9.18 Å². The molecule has 3 heteroatoms. The maximum atomic E-state index is 14.7. The van der Waals surface area contributed by atoms with Crippen LogP contribution in [-0.2, 0) is 0 Å². The normalized spacial score (nSPS) is 11.1. The number of ketones is 1. The zero-order chi connectivity index (χ0) is 24.1. The van der Waals surface area contributed by atoms with Crippen molar-refractivity contribution < 1.29 is 9.18 Å². The number of Topliss-reactive ketones (excluding diaryl/α,β-unsaturated/α-hetero) is 1. The van der Waals surface area contributed by atoms with E-state index in [4.69, 9.17) is 0 Å². The highest BCUT2D eigenvalue weighted by Crippen LogP contribution is 2.44. The van der Waals surface area contributed by atoms with Gasteiger partial charge in [0.1, 0.15) is 5.82 Å². The average molecular weight is 475 g/mol. The van der Waals surface area contributed by atoms with Gasteiger partial charge in [0, 0.05) is 11.1 Å². The van der Waals surface area contributed by atoms with Crippen LogP contribution in [0, 0.1) is 5.82 Å². The maximum absolute atomic E-state index is 14.7. The topological polar surface area (TPSA) is 17.1 Å². The van der Waals surface area contributed by atoms with Gasteiger partial charge in [-0.05, 0) is 40.2 Å². The van der Waals surface area contributed by atoms with E-state index >= 15 is 0 Å². The van der Waals surface area contributed by atoms with Gasteiger partial charge in [-0.15, -0.1) is 0 Å². The van der Waals surface area contributed by atoms with Gasteiger partial charge in [0.2, 0.25) is 0 Å². The fraction of sp³-hybridized carbons (Fsp3) is 0. The van der Waals surface area contributed by atoms with Crippen molar-refractivity contribution in [1.29, 1.82) is 0 Å². The van der Waals surface area contributed by atoms with Crippen LogP contribution in [-0.4, -0.2) is 11.6 Å². The maximum Gasteiger partial charge on any atom is 0.187 e. The Labute approximate surface area is 205 Å². The number of benzene rings is 5. The Kier molecular flexibility index (Phi) is 6.57. The molecule has 5 aromatic carbocycles. The van der Waals surface area contributed by atoms with E-state index in [1.54, 1.807) is 24.3 Å². The van der Waals surface area contributed by atoms with Gasteiger partial charge in [-0.2, -0.15) is 0 Å². The largest absolute Gasteiger partial charge is 0.289 e. The molecule has 0 radical (unpaired) electrons. The zero-order valence-electron chi connectivity index (χ0n) is 19.1. The molecule has 0 atom stereocenters. The number of halogens is 1. The van der Waals surface area contributed by atoms with Gasteiger partial charge in [-0.3, -0.25) is 4.79 Å². The lowest BCUT2D eigenvalue weighted by Crippen LogP contribution is -2.28. The summed E-state index contributed by atoms with van der Waals surface area (Å²) in [6.45, 7) is -2.47. The minimum atomic E-state index is -2.47. The van der Waals surface area contributed by atoms with E-state index in [1.807, 2.05) is 78.6 Å². The molecule has 0 saturated heterocycles. The first-order chi connectivity index (χ1) is 17.2. The minimum absolute atomic E-state index is 0.117. The van der Waals surface area contributed by atoms with Crippen LogP contribution in [0.5, 0.6) is 0 Å². The van der Waals surface area contributed by atoms with Gasteiger partial charge >= 0.3 is 0 Å². The third kappa shape index (κ3) is 4.41. The fourth-order valence-corrected chi connectivity index (χ4v) is 8.28. The van der Waals surface area contributed by atoms with Crippen molar-refractivity contribution in [2.24, 2.45) is 0 Å². The first-order valence-electron chi connectivity index (χ1n) is 11.5. The molecular weight excluding hydrogens is 450 g/mol. The Morgan fingerprint density at radius 3 is 1.40 bits per heavy atom. The van der Waals surface area contributed by atoms with Gasteiger partial charge in [0.05, 0.1) is 0 Å². The summed E-state index contributed by atoms with van der Waals surface area (Å²) in [7, 11) is 0. The summed E-state index contributed by atoms with van der Waals surface area (Å²) in [6, 6.07) is 44.5. The van der Waals surface area contributed by atoms with Crippen molar-refractivity contribution >= 4 is 34.4 Å². The molecule has 0 saturated carbocycles. The molecule has 0 bridgehead atoms. The monoisotopic (exact) mass is 474 g/mol. The molecule has 170 valence electrons. The molecule has 0 aromatic heterocycles. The van der Waals surface area contributed by atoms with Gasteiger partial charge in [-0.1, -0.05) is 133 Å². The lowest BCUT2D eigenvalue weighted by Gasteiger charge is -2.28. The van der Waals surface area contributed by atoms with Gasteiger partial charge in [0.25, 0.3) is 0 Å². The molecule has 0 N–H and O–H groups in total. The first kappa shape index (κ1) is 22.8. The second-order valence-corrected chi connectivity index (χ2v) is 11.5. The van der Waals surface area contributed by atoms with Gasteiger partial charge < -0.3 is 0 Å². The molecule has 0 fully saturated rings. The highest BCUT2D eigenvalue weighted by molar-refractivity contribution is 7.95. The van der Waals surface area contributed by atoms with Crippen LogP contribution >= 0.6 is 6.89 Å². The quantitative estimate of drug-likeness (QED) is 0.204. The summed E-state index contributed by atoms with van der Waals surface area (Å²) < 4.78 is 14.7. The van der Waals surface area contributed by atoms with Crippen molar-refractivity contribution in [2.75, 3.05) is 0 Å². The van der Waals surface area contributed by atoms with Crippen molar-refractivity contribution in [2.45, 2.75) is 0 Å². The summed E-state index contributed by atoms with van der Waals surface area (Å²) in [5.41, 5.74) is 1.51. The van der Waals surface area contributed by atoms with Crippen molar-refractivity contribution in [3.8, 4) is 11.1 Å². The van der Waals surface area contributed by atoms with Crippen LogP contribution in [0.2, 0.25) is 0 Å². The molecule has 0 heterocycles. The van der Waals surface area contributed by atoms with E-state index < -0.39 is 6.89 Å². The predicted octanol–water partition coefficient (Wildman–Crippen LogP) is 6.47. The number of carbonyl (C=O) groups is 1. The summed E-state index contributed by atoms with van der Waals surface area (Å²) in [5, 5.41) is 3.28. The van der Waals surface area contributed by atoms with Crippen LogP contribution in [0.3, 0.4) is 0 Å². The zero-order valence-corrected chi connectivity index (χ0v) is 20.0. The molecule has 1 nitrogen and oxygen atoms in total. The highest BCUT2D eigenvalue weighted by atomic mass is 31.2. The fourth-order valence-electron chi connectivity index (χ4n) is 4.52. The molecule has 0 amide bonds. The third-order valence-corrected chi connectivity index (χ3v) is 10.1. The molecule has 5 aromatic rings.